The second-order valence-corrected chi connectivity index (χ2v) is 6.25. The van der Waals surface area contributed by atoms with E-state index in [1.807, 2.05) is 43.3 Å². The molecule has 0 unspecified atom stereocenters. The first-order valence-corrected chi connectivity index (χ1v) is 8.66. The van der Waals surface area contributed by atoms with Gasteiger partial charge in [-0.1, -0.05) is 24.3 Å². The number of carbonyl (C=O) groups is 1. The van der Waals surface area contributed by atoms with Crippen molar-refractivity contribution in [3.05, 3.63) is 60.2 Å². The molecule has 1 atom stereocenters. The predicted molar refractivity (Wildman–Crippen MR) is 107 cm³/mol. The highest BCUT2D eigenvalue weighted by Gasteiger charge is 2.18. The largest absolute Gasteiger partial charge is 0.497 e. The Morgan fingerprint density at radius 1 is 0.815 bits per heavy atom. The van der Waals surface area contributed by atoms with Crippen LogP contribution in [0.2, 0.25) is 0 Å². The lowest BCUT2D eigenvalue weighted by Gasteiger charge is -2.16. The van der Waals surface area contributed by atoms with E-state index in [2.05, 4.69) is 5.32 Å². The molecular weight excluding hydrogens is 342 g/mol. The normalized spacial score (nSPS) is 11.7. The predicted octanol–water partition coefficient (Wildman–Crippen LogP) is 4.61. The molecule has 0 saturated heterocycles. The Labute approximate surface area is 158 Å². The van der Waals surface area contributed by atoms with E-state index in [1.165, 1.54) is 0 Å². The number of hydrogen-bond acceptors (Lipinski definition) is 4. The van der Waals surface area contributed by atoms with Crippen LogP contribution in [0.4, 0.5) is 5.69 Å². The van der Waals surface area contributed by atoms with Gasteiger partial charge in [0.05, 0.1) is 32.9 Å². The Kier molecular flexibility index (Phi) is 5.50. The first-order chi connectivity index (χ1) is 13.0. The third-order valence-corrected chi connectivity index (χ3v) is 4.63. The minimum absolute atomic E-state index is 0.105. The van der Waals surface area contributed by atoms with Crippen molar-refractivity contribution in [2.45, 2.75) is 12.8 Å². The molecule has 0 aliphatic rings. The van der Waals surface area contributed by atoms with Gasteiger partial charge in [0, 0.05) is 6.07 Å². The lowest BCUT2D eigenvalue weighted by Crippen LogP contribution is -2.19. The van der Waals surface area contributed by atoms with Crippen LogP contribution in [0.5, 0.6) is 17.2 Å². The van der Waals surface area contributed by atoms with E-state index in [0.717, 1.165) is 22.1 Å². The van der Waals surface area contributed by atoms with Crippen LogP contribution < -0.4 is 19.5 Å². The first kappa shape index (κ1) is 18.6. The summed E-state index contributed by atoms with van der Waals surface area (Å²) in [4.78, 5) is 12.8. The van der Waals surface area contributed by atoms with Crippen molar-refractivity contribution in [3.8, 4) is 17.2 Å². The van der Waals surface area contributed by atoms with Crippen LogP contribution in [0.25, 0.3) is 10.8 Å². The van der Waals surface area contributed by atoms with Gasteiger partial charge in [0.15, 0.2) is 0 Å². The molecule has 3 rings (SSSR count). The van der Waals surface area contributed by atoms with Gasteiger partial charge in [-0.3, -0.25) is 4.79 Å². The number of benzene rings is 3. The van der Waals surface area contributed by atoms with Gasteiger partial charge in [-0.15, -0.1) is 0 Å². The van der Waals surface area contributed by atoms with Crippen LogP contribution in [-0.2, 0) is 4.79 Å². The van der Waals surface area contributed by atoms with Gasteiger partial charge in [-0.25, -0.2) is 0 Å². The monoisotopic (exact) mass is 365 g/mol. The summed E-state index contributed by atoms with van der Waals surface area (Å²) in [6, 6.07) is 17.2. The number of fused-ring (bicyclic) bond motifs is 1. The maximum absolute atomic E-state index is 12.8. The highest BCUT2D eigenvalue weighted by atomic mass is 16.5. The number of ether oxygens (including phenoxy) is 3. The van der Waals surface area contributed by atoms with Crippen molar-refractivity contribution in [1.29, 1.82) is 0 Å². The van der Waals surface area contributed by atoms with Crippen LogP contribution in [0.1, 0.15) is 18.4 Å². The highest BCUT2D eigenvalue weighted by Crippen LogP contribution is 2.31. The molecule has 0 aromatic heterocycles. The maximum Gasteiger partial charge on any atom is 0.231 e. The fourth-order valence-electron chi connectivity index (χ4n) is 2.93. The van der Waals surface area contributed by atoms with Crippen molar-refractivity contribution in [2.24, 2.45) is 0 Å². The zero-order valence-electron chi connectivity index (χ0n) is 15.9. The average Bonchev–Trinajstić information content (AvgIpc) is 2.72. The zero-order chi connectivity index (χ0) is 19.4. The number of amides is 1. The topological polar surface area (TPSA) is 56.8 Å². The summed E-state index contributed by atoms with van der Waals surface area (Å²) < 4.78 is 15.8. The van der Waals surface area contributed by atoms with Crippen LogP contribution in [-0.4, -0.2) is 27.2 Å². The van der Waals surface area contributed by atoms with Crippen molar-refractivity contribution < 1.29 is 19.0 Å². The number of nitrogens with one attached hydrogen (secondary N) is 1. The smallest absolute Gasteiger partial charge is 0.231 e. The second kappa shape index (κ2) is 7.99. The molecule has 1 N–H and O–H groups in total. The Morgan fingerprint density at radius 2 is 1.44 bits per heavy atom. The summed E-state index contributed by atoms with van der Waals surface area (Å²) in [6.45, 7) is 1.88. The van der Waals surface area contributed by atoms with Crippen LogP contribution in [0, 0.1) is 0 Å². The Bertz CT molecular complexity index is 968. The van der Waals surface area contributed by atoms with Gasteiger partial charge in [0.2, 0.25) is 5.91 Å². The van der Waals surface area contributed by atoms with E-state index in [0.29, 0.717) is 17.2 Å². The fourth-order valence-corrected chi connectivity index (χ4v) is 2.93. The van der Waals surface area contributed by atoms with Gasteiger partial charge in [0.1, 0.15) is 17.2 Å². The molecule has 3 aromatic rings. The summed E-state index contributed by atoms with van der Waals surface area (Å²) in [7, 11) is 4.80. The molecule has 3 aromatic carbocycles. The van der Waals surface area contributed by atoms with E-state index in [1.54, 1.807) is 39.5 Å². The van der Waals surface area contributed by atoms with Gasteiger partial charge in [0.25, 0.3) is 0 Å². The molecule has 0 spiro atoms. The minimum Gasteiger partial charge on any atom is -0.497 e. The third-order valence-electron chi connectivity index (χ3n) is 4.63. The standard InChI is InChI=1S/C22H23NO4/c1-14(15-5-6-17-12-18(25-2)8-7-16(17)11-15)22(24)23-20-10-9-19(26-3)13-21(20)27-4/h5-14H,1-4H3,(H,23,24)/t14-/m0/s1. The molecule has 0 fully saturated rings. The molecule has 1 amide bonds. The van der Waals surface area contributed by atoms with Gasteiger partial charge in [-0.2, -0.15) is 0 Å². The molecule has 140 valence electrons. The van der Waals surface area contributed by atoms with Crippen LogP contribution in [0.15, 0.2) is 54.6 Å². The maximum atomic E-state index is 12.8. The second-order valence-electron chi connectivity index (χ2n) is 6.25. The van der Waals surface area contributed by atoms with E-state index in [4.69, 9.17) is 14.2 Å². The fraction of sp³-hybridized carbons (Fsp3) is 0.227. The molecule has 0 heterocycles. The lowest BCUT2D eigenvalue weighted by molar-refractivity contribution is -0.117. The van der Waals surface area contributed by atoms with Crippen molar-refractivity contribution >= 4 is 22.4 Å². The van der Waals surface area contributed by atoms with Crippen molar-refractivity contribution in [3.63, 3.8) is 0 Å². The molecule has 0 aliphatic heterocycles. The SMILES string of the molecule is COc1ccc(NC(=O)[C@@H](C)c2ccc3cc(OC)ccc3c2)c(OC)c1. The summed E-state index contributed by atoms with van der Waals surface area (Å²) in [5.41, 5.74) is 1.55. The molecule has 0 bridgehead atoms. The quantitative estimate of drug-likeness (QED) is 0.693. The third kappa shape index (κ3) is 3.97. The number of carbonyl (C=O) groups excluding carboxylic acids is 1. The lowest BCUT2D eigenvalue weighted by atomic mass is 9.97. The minimum atomic E-state index is -0.316. The number of methoxy groups -OCH3 is 3. The average molecular weight is 365 g/mol. The molecule has 0 aliphatic carbocycles. The zero-order valence-corrected chi connectivity index (χ0v) is 15.9. The molecular formula is C22H23NO4. The van der Waals surface area contributed by atoms with Crippen molar-refractivity contribution in [1.82, 2.24) is 0 Å². The first-order valence-electron chi connectivity index (χ1n) is 8.66. The molecule has 0 saturated carbocycles. The summed E-state index contributed by atoms with van der Waals surface area (Å²) in [5, 5.41) is 5.07. The van der Waals surface area contributed by atoms with Crippen LogP contribution in [0.3, 0.4) is 0 Å². The van der Waals surface area contributed by atoms with Gasteiger partial charge < -0.3 is 19.5 Å². The van der Waals surface area contributed by atoms with E-state index in [-0.39, 0.29) is 11.8 Å². The summed E-state index contributed by atoms with van der Waals surface area (Å²) in [6.07, 6.45) is 0. The van der Waals surface area contributed by atoms with E-state index < -0.39 is 0 Å². The molecule has 27 heavy (non-hydrogen) atoms. The van der Waals surface area contributed by atoms with Gasteiger partial charge >= 0.3 is 0 Å². The van der Waals surface area contributed by atoms with Crippen molar-refractivity contribution in [2.75, 3.05) is 26.6 Å². The number of anilines is 1. The molecule has 5 heteroatoms. The van der Waals surface area contributed by atoms with E-state index >= 15 is 0 Å². The number of hydrogen-bond donors (Lipinski definition) is 1. The Morgan fingerprint density at radius 3 is 2.15 bits per heavy atom. The van der Waals surface area contributed by atoms with Crippen LogP contribution >= 0.6 is 0 Å². The molecule has 5 nitrogen and oxygen atoms in total. The molecule has 0 radical (unpaired) electrons. The Hall–Kier alpha value is -3.21. The Balaban J connectivity index is 1.82. The highest BCUT2D eigenvalue weighted by molar-refractivity contribution is 5.97. The van der Waals surface area contributed by atoms with Gasteiger partial charge in [-0.05, 0) is 47.5 Å². The van der Waals surface area contributed by atoms with E-state index in [9.17, 15) is 4.79 Å². The summed E-state index contributed by atoms with van der Waals surface area (Å²) in [5.74, 6) is 1.62. The number of rotatable bonds is 6. The summed E-state index contributed by atoms with van der Waals surface area (Å²) >= 11 is 0.